The molecule has 3 rings (SSSR count). The van der Waals surface area contributed by atoms with E-state index < -0.39 is 133 Å². The van der Waals surface area contributed by atoms with Gasteiger partial charge in [0.05, 0.1) is 138 Å². The number of alkyl carbamates (subject to hydrolysis) is 1. The molecule has 0 aromatic heterocycles. The van der Waals surface area contributed by atoms with Crippen LogP contribution in [-0.4, -0.2) is 279 Å². The van der Waals surface area contributed by atoms with Gasteiger partial charge < -0.3 is 95.8 Å². The van der Waals surface area contributed by atoms with E-state index in [4.69, 9.17) is 47.5 Å². The second kappa shape index (κ2) is 53.2. The molecule has 0 spiro atoms. The van der Waals surface area contributed by atoms with Crippen molar-refractivity contribution in [3.63, 3.8) is 0 Å². The van der Waals surface area contributed by atoms with Gasteiger partial charge in [0.1, 0.15) is 34.6 Å². The van der Waals surface area contributed by atoms with E-state index in [0.717, 1.165) is 40.0 Å². The van der Waals surface area contributed by atoms with Gasteiger partial charge in [-0.3, -0.25) is 52.8 Å². The summed E-state index contributed by atoms with van der Waals surface area (Å²) in [5.74, 6) is -8.98. The molecule has 0 bridgehead atoms. The molecule has 2 aromatic carbocycles. The maximum Gasteiger partial charge on any atom is 0.407 e. The summed E-state index contributed by atoms with van der Waals surface area (Å²) in [6.07, 6.45) is -1.85. The number of hydroxylamine groups is 2. The molecule has 12 amide bonds. The Morgan fingerprint density at radius 2 is 1.01 bits per heavy atom. The van der Waals surface area contributed by atoms with E-state index in [1.165, 1.54) is 14.2 Å². The number of carbonyl (C=O) groups excluding carboxylic acids is 12. The Bertz CT molecular complexity index is 3070. The first-order valence-corrected chi connectivity index (χ1v) is 34.9. The molecule has 2 aromatic rings. The molecule has 38 heteroatoms. The number of nitrogens with one attached hydrogen (secondary N) is 10. The van der Waals surface area contributed by atoms with E-state index in [1.807, 2.05) is 20.8 Å². The summed E-state index contributed by atoms with van der Waals surface area (Å²) in [7, 11) is 4.24. The number of hydrogen-bond donors (Lipinski definition) is 10. The van der Waals surface area contributed by atoms with Crippen molar-refractivity contribution in [3.8, 4) is 0 Å². The first-order valence-electron chi connectivity index (χ1n) is 34.1. The minimum atomic E-state index is -1.31. The molecular formula is C67H103F2N13O22S. The fourth-order valence-electron chi connectivity index (χ4n) is 8.98. The van der Waals surface area contributed by atoms with Gasteiger partial charge in [-0.25, -0.2) is 23.4 Å². The Hall–Kier alpha value is -8.60. The zero-order valence-corrected chi connectivity index (χ0v) is 61.3. The number of rotatable bonds is 56. The van der Waals surface area contributed by atoms with Crippen LogP contribution >= 0.6 is 11.8 Å². The van der Waals surface area contributed by atoms with Crippen molar-refractivity contribution in [1.82, 2.24) is 63.2 Å². The zero-order chi connectivity index (χ0) is 77.1. The van der Waals surface area contributed by atoms with E-state index in [9.17, 15) is 61.9 Å². The number of thioether (sulfide) groups is 1. The molecule has 0 aliphatic carbocycles. The summed E-state index contributed by atoms with van der Waals surface area (Å²) in [5, 5.41) is 31.1. The van der Waals surface area contributed by atoms with Crippen LogP contribution in [-0.2, 0) is 100 Å². The molecule has 0 saturated heterocycles. The number of hydrogen-bond acceptors (Lipinski definition) is 24. The van der Waals surface area contributed by atoms with Crippen LogP contribution in [0.15, 0.2) is 53.6 Å². The fraction of sp³-hybridized carbons (Fsp3) is 0.627. The van der Waals surface area contributed by atoms with Gasteiger partial charge >= 0.3 is 12.1 Å². The number of nitrogens with zero attached hydrogens (tertiary/aromatic N) is 3. The lowest BCUT2D eigenvalue weighted by Gasteiger charge is -2.37. The number of amides is 12. The molecule has 1 aliphatic rings. The molecule has 10 N–H and O–H groups in total. The first-order chi connectivity index (χ1) is 50.4. The lowest BCUT2D eigenvalue weighted by Crippen LogP contribution is -2.47. The molecule has 35 nitrogen and oxygen atoms in total. The first kappa shape index (κ1) is 90.6. The number of ether oxygens (including phenoxy) is 9. The Morgan fingerprint density at radius 3 is 1.54 bits per heavy atom. The van der Waals surface area contributed by atoms with Crippen LogP contribution in [0.4, 0.5) is 18.4 Å². The van der Waals surface area contributed by atoms with Crippen LogP contribution in [0.1, 0.15) is 76.8 Å². The summed E-state index contributed by atoms with van der Waals surface area (Å²) < 4.78 is 77.8. The Labute approximate surface area is 613 Å². The summed E-state index contributed by atoms with van der Waals surface area (Å²) in [4.78, 5) is 156. The molecule has 1 aliphatic heterocycles. The number of benzene rings is 2. The maximum absolute atomic E-state index is 15.1. The van der Waals surface area contributed by atoms with Gasteiger partial charge in [-0.1, -0.05) is 62.9 Å². The quantitative estimate of drug-likeness (QED) is 0.0230. The van der Waals surface area contributed by atoms with E-state index >= 15 is 4.39 Å². The number of carbonyl (C=O) groups is 12. The molecule has 0 radical (unpaired) electrons. The van der Waals surface area contributed by atoms with Crippen LogP contribution in [0.5, 0.6) is 0 Å². The standard InChI is InChI=1S/C67H103F2N13O22S/c1-66(2,3)42-58(88)71-19-15-55(85)77-44-60(90)79-46-61(91)78-45-59(89)76-43-51(83)39-48(62(92)74-23-24-97-27-28-99-31-32-101-35-36-103-38-37-102-34-33-100-30-29-98-26-25-95-5)47-104-64(93)75-20-16-54(84)72-21-22-73-57(87)41-56(86)70-18-10-17-67(49-11-8-7-9-12-49)82(65(94)81(4)96-6)80-63(105-67)52-40-50(68)13-14-53(52)69/h7-9,11-14,40,48H,10,15-39,41-47H2,1-6H3,(H,70,86)(H,71,88)(H,72,84)(H,73,87)(H,74,92)(H,75,93)(H,76,89)(H,77,85)(H,78,91)(H,79,90)/t48?,67-/m0/s1. The Morgan fingerprint density at radius 1 is 0.533 bits per heavy atom. The third-order valence-electron chi connectivity index (χ3n) is 14.3. The van der Waals surface area contributed by atoms with Gasteiger partial charge in [-0.15, -0.1) is 0 Å². The van der Waals surface area contributed by atoms with Crippen molar-refractivity contribution in [2.45, 2.75) is 70.6 Å². The highest BCUT2D eigenvalue weighted by Gasteiger charge is 2.50. The average Bonchev–Trinajstić information content (AvgIpc) is 1.60. The van der Waals surface area contributed by atoms with Crippen LogP contribution in [0.3, 0.4) is 0 Å². The Balaban J connectivity index is 1.38. The molecular weight excluding hydrogens is 1410 g/mol. The SMILES string of the molecule is COCCOCCOCCOCCOCCOCCOCCOCCNC(=O)C(COC(=O)NCCC(=O)NCCNC(=O)CC(=O)NCCC[C@@]1(c2ccccc2)SC(c2cc(F)ccc2F)=NN1C(=O)N(C)OC)CC(=O)CNC(=O)CNC(=O)CNC(=O)CNC(=O)CCNC(=O)CC(C)(C)C. The van der Waals surface area contributed by atoms with Gasteiger partial charge in [-0.2, -0.15) is 10.1 Å². The smallest absolute Gasteiger partial charge is 0.407 e. The number of Topliss-reactive ketones (excluding diaryl/α,β-unsaturated/α-hetero) is 1. The van der Waals surface area contributed by atoms with Gasteiger partial charge in [0, 0.05) is 84.7 Å². The molecule has 0 saturated carbocycles. The number of hydrazone groups is 1. The van der Waals surface area contributed by atoms with Crippen LogP contribution in [0.25, 0.3) is 0 Å². The summed E-state index contributed by atoms with van der Waals surface area (Å²) in [6.45, 7) is 7.95. The van der Waals surface area contributed by atoms with Crippen LogP contribution in [0.2, 0.25) is 0 Å². The predicted molar refractivity (Wildman–Crippen MR) is 375 cm³/mol. The topological polar surface area (TPSA) is 436 Å². The molecule has 1 heterocycles. The molecule has 1 unspecified atom stereocenters. The lowest BCUT2D eigenvalue weighted by molar-refractivity contribution is -0.131. The summed E-state index contributed by atoms with van der Waals surface area (Å²) >= 11 is 1.03. The summed E-state index contributed by atoms with van der Waals surface area (Å²) in [5.41, 5.74) is 0.196. The van der Waals surface area contributed by atoms with Crippen molar-refractivity contribution >= 4 is 87.9 Å². The maximum atomic E-state index is 15.1. The van der Waals surface area contributed by atoms with E-state index in [1.54, 1.807) is 37.4 Å². The molecule has 105 heavy (non-hydrogen) atoms. The number of methoxy groups -OCH3 is 1. The minimum Gasteiger partial charge on any atom is -0.449 e. The largest absolute Gasteiger partial charge is 0.449 e. The summed E-state index contributed by atoms with van der Waals surface area (Å²) in [6, 6.07) is 10.9. The van der Waals surface area contributed by atoms with Crippen molar-refractivity contribution < 1.29 is 114 Å². The Kier molecular flexibility index (Phi) is 45.9. The van der Waals surface area contributed by atoms with E-state index in [-0.39, 0.29) is 120 Å². The fourth-order valence-corrected chi connectivity index (χ4v) is 10.4. The average molecular weight is 1510 g/mol. The van der Waals surface area contributed by atoms with Crippen LogP contribution in [0, 0.1) is 23.0 Å². The molecule has 2 atom stereocenters. The minimum absolute atomic E-state index is 0.0243. The number of ketones is 1. The van der Waals surface area contributed by atoms with Gasteiger partial charge in [0.2, 0.25) is 53.2 Å². The second-order valence-corrected chi connectivity index (χ2v) is 25.4. The third-order valence-corrected chi connectivity index (χ3v) is 15.7. The van der Waals surface area contributed by atoms with Crippen molar-refractivity contribution in [2.75, 3.05) is 192 Å². The van der Waals surface area contributed by atoms with Gasteiger partial charge in [0.15, 0.2) is 5.78 Å². The lowest BCUT2D eigenvalue weighted by atomic mass is 9.92. The zero-order valence-electron chi connectivity index (χ0n) is 60.5. The van der Waals surface area contributed by atoms with Gasteiger partial charge in [0.25, 0.3) is 0 Å². The normalized spacial score (nSPS) is 13.5. The number of urea groups is 1. The predicted octanol–water partition coefficient (Wildman–Crippen LogP) is -0.362. The van der Waals surface area contributed by atoms with Crippen molar-refractivity contribution in [2.24, 2.45) is 16.4 Å². The van der Waals surface area contributed by atoms with E-state index in [0.29, 0.717) is 78.2 Å². The molecule has 0 fully saturated rings. The van der Waals surface area contributed by atoms with Gasteiger partial charge in [-0.05, 0) is 42.0 Å². The van der Waals surface area contributed by atoms with Crippen molar-refractivity contribution in [1.29, 1.82) is 0 Å². The monoisotopic (exact) mass is 1510 g/mol. The number of halogens is 2. The molecule has 588 valence electrons. The second-order valence-electron chi connectivity index (χ2n) is 24.1. The third kappa shape index (κ3) is 41.0. The highest BCUT2D eigenvalue weighted by atomic mass is 32.2. The van der Waals surface area contributed by atoms with Crippen LogP contribution < -0.4 is 53.2 Å². The highest BCUT2D eigenvalue weighted by Crippen LogP contribution is 2.51. The highest BCUT2D eigenvalue weighted by molar-refractivity contribution is 8.15. The van der Waals surface area contributed by atoms with E-state index in [2.05, 4.69) is 58.3 Å². The van der Waals surface area contributed by atoms with Crippen molar-refractivity contribution in [3.05, 3.63) is 71.3 Å².